The number of carboxylic acid groups (broad SMARTS) is 1. The molecule has 1 heterocycles. The fourth-order valence-corrected chi connectivity index (χ4v) is 3.17. The quantitative estimate of drug-likeness (QED) is 0.695. The van der Waals surface area contributed by atoms with E-state index in [1.54, 1.807) is 13.0 Å². The first-order chi connectivity index (χ1) is 11.0. The number of hydrogen-bond acceptors (Lipinski definition) is 4. The highest BCUT2D eigenvalue weighted by atomic mass is 16.5. The Hall–Kier alpha value is -2.30. The van der Waals surface area contributed by atoms with Gasteiger partial charge in [0, 0.05) is 16.5 Å². The molecule has 1 aliphatic carbocycles. The van der Waals surface area contributed by atoms with E-state index >= 15 is 0 Å². The average Bonchev–Trinajstić information content (AvgIpc) is 2.77. The highest BCUT2D eigenvalue weighted by Gasteiger charge is 2.20. The van der Waals surface area contributed by atoms with Crippen molar-refractivity contribution >= 4 is 16.9 Å². The monoisotopic (exact) mass is 316 g/mol. The van der Waals surface area contributed by atoms with Crippen molar-refractivity contribution in [2.24, 2.45) is 0 Å². The van der Waals surface area contributed by atoms with Crippen LogP contribution < -0.4 is 10.4 Å². The largest absolute Gasteiger partial charge is 0.479 e. The third kappa shape index (κ3) is 2.83. The molecule has 2 aromatic rings. The van der Waals surface area contributed by atoms with Gasteiger partial charge in [-0.25, -0.2) is 9.59 Å². The van der Waals surface area contributed by atoms with Crippen molar-refractivity contribution in [3.8, 4) is 5.75 Å². The summed E-state index contributed by atoms with van der Waals surface area (Å²) in [5, 5.41) is 9.92. The van der Waals surface area contributed by atoms with Crippen LogP contribution in [0.15, 0.2) is 21.3 Å². The summed E-state index contributed by atoms with van der Waals surface area (Å²) in [7, 11) is 0. The van der Waals surface area contributed by atoms with Crippen LogP contribution in [-0.2, 0) is 17.6 Å². The number of aryl methyl sites for hydroxylation is 2. The molecule has 0 fully saturated rings. The van der Waals surface area contributed by atoms with Gasteiger partial charge in [0.2, 0.25) is 0 Å². The average molecular weight is 316 g/mol. The topological polar surface area (TPSA) is 76.7 Å². The lowest BCUT2D eigenvalue weighted by Gasteiger charge is -2.15. The Labute approximate surface area is 133 Å². The Morgan fingerprint density at radius 2 is 1.91 bits per heavy atom. The minimum atomic E-state index is -1.03. The molecule has 0 saturated carbocycles. The maximum absolute atomic E-state index is 12.3. The summed E-state index contributed by atoms with van der Waals surface area (Å²) in [6, 6.07) is 3.64. The molecule has 0 unspecified atom stereocenters. The zero-order valence-corrected chi connectivity index (χ0v) is 13.3. The molecule has 1 atom stereocenters. The van der Waals surface area contributed by atoms with E-state index in [-0.39, 0.29) is 5.63 Å². The molecule has 122 valence electrons. The van der Waals surface area contributed by atoms with Crippen molar-refractivity contribution in [3.63, 3.8) is 0 Å². The number of carboxylic acids is 1. The number of ether oxygens (including phenoxy) is 1. The molecule has 0 radical (unpaired) electrons. The van der Waals surface area contributed by atoms with E-state index in [1.165, 1.54) is 6.92 Å². The number of benzene rings is 1. The van der Waals surface area contributed by atoms with Crippen LogP contribution in [-0.4, -0.2) is 17.2 Å². The third-order valence-electron chi connectivity index (χ3n) is 4.49. The van der Waals surface area contributed by atoms with E-state index in [1.807, 2.05) is 6.07 Å². The number of carbonyl (C=O) groups is 1. The van der Waals surface area contributed by atoms with Gasteiger partial charge in [0.1, 0.15) is 11.3 Å². The van der Waals surface area contributed by atoms with Crippen molar-refractivity contribution in [3.05, 3.63) is 39.2 Å². The Morgan fingerprint density at radius 1 is 1.22 bits per heavy atom. The predicted octanol–water partition coefficient (Wildman–Crippen LogP) is 3.22. The second-order valence-electron chi connectivity index (χ2n) is 6.07. The molecule has 1 aliphatic rings. The van der Waals surface area contributed by atoms with Crippen LogP contribution in [0.25, 0.3) is 11.0 Å². The van der Waals surface area contributed by atoms with Crippen molar-refractivity contribution in [1.29, 1.82) is 0 Å². The van der Waals surface area contributed by atoms with Crippen molar-refractivity contribution in [2.45, 2.75) is 52.1 Å². The first kappa shape index (κ1) is 15.6. The number of fused-ring (bicyclic) bond motifs is 3. The minimum Gasteiger partial charge on any atom is -0.479 e. The van der Waals surface area contributed by atoms with Gasteiger partial charge in [-0.05, 0) is 57.2 Å². The first-order valence-corrected chi connectivity index (χ1v) is 7.96. The van der Waals surface area contributed by atoms with Gasteiger partial charge in [0.15, 0.2) is 6.10 Å². The van der Waals surface area contributed by atoms with Gasteiger partial charge in [-0.15, -0.1) is 0 Å². The molecule has 3 rings (SSSR count). The Bertz CT molecular complexity index is 818. The van der Waals surface area contributed by atoms with E-state index in [0.717, 1.165) is 48.6 Å². The standard InChI is InChI=1S/C18H20O5/c1-10-15(22-11(2)17(19)20)9-8-13-12-6-4-3-5-7-14(12)18(21)23-16(10)13/h8-9,11H,3-7H2,1-2H3,(H,19,20)/t11-/m0/s1. The van der Waals surface area contributed by atoms with Crippen LogP contribution in [0, 0.1) is 6.92 Å². The van der Waals surface area contributed by atoms with Crippen molar-refractivity contribution in [2.75, 3.05) is 0 Å². The zero-order valence-electron chi connectivity index (χ0n) is 13.3. The molecule has 0 bridgehead atoms. The molecule has 0 saturated heterocycles. The molecule has 0 aliphatic heterocycles. The highest BCUT2D eigenvalue weighted by Crippen LogP contribution is 2.32. The fourth-order valence-electron chi connectivity index (χ4n) is 3.17. The summed E-state index contributed by atoms with van der Waals surface area (Å²) in [5.41, 5.74) is 2.77. The lowest BCUT2D eigenvalue weighted by atomic mass is 9.98. The lowest BCUT2D eigenvalue weighted by Crippen LogP contribution is -2.23. The SMILES string of the molecule is Cc1c(O[C@@H](C)C(=O)O)ccc2c3c(c(=O)oc12)CCCCC3. The minimum absolute atomic E-state index is 0.277. The van der Waals surface area contributed by atoms with E-state index < -0.39 is 12.1 Å². The van der Waals surface area contributed by atoms with Gasteiger partial charge in [-0.1, -0.05) is 6.42 Å². The van der Waals surface area contributed by atoms with E-state index in [0.29, 0.717) is 16.9 Å². The molecule has 0 spiro atoms. The number of hydrogen-bond donors (Lipinski definition) is 1. The number of aliphatic carboxylic acids is 1. The summed E-state index contributed by atoms with van der Waals surface area (Å²) < 4.78 is 11.0. The summed E-state index contributed by atoms with van der Waals surface area (Å²) >= 11 is 0. The molecule has 5 nitrogen and oxygen atoms in total. The van der Waals surface area contributed by atoms with E-state index in [2.05, 4.69) is 0 Å². The molecule has 5 heteroatoms. The zero-order chi connectivity index (χ0) is 16.6. The Balaban J connectivity index is 2.15. The van der Waals surface area contributed by atoms with Gasteiger partial charge < -0.3 is 14.3 Å². The molecular formula is C18H20O5. The summed E-state index contributed by atoms with van der Waals surface area (Å²) in [6.45, 7) is 3.26. The molecule has 1 aromatic carbocycles. The van der Waals surface area contributed by atoms with Gasteiger partial charge in [-0.3, -0.25) is 0 Å². The third-order valence-corrected chi connectivity index (χ3v) is 4.49. The van der Waals surface area contributed by atoms with Crippen LogP contribution in [0.1, 0.15) is 42.9 Å². The van der Waals surface area contributed by atoms with E-state index in [4.69, 9.17) is 14.3 Å². The lowest BCUT2D eigenvalue weighted by molar-refractivity contribution is -0.144. The maximum Gasteiger partial charge on any atom is 0.344 e. The fraction of sp³-hybridized carbons (Fsp3) is 0.444. The van der Waals surface area contributed by atoms with Crippen LogP contribution in [0.4, 0.5) is 0 Å². The predicted molar refractivity (Wildman–Crippen MR) is 86.2 cm³/mol. The normalized spacial score (nSPS) is 15.7. The van der Waals surface area contributed by atoms with Crippen LogP contribution in [0.5, 0.6) is 5.75 Å². The van der Waals surface area contributed by atoms with E-state index in [9.17, 15) is 9.59 Å². The van der Waals surface area contributed by atoms with Crippen LogP contribution in [0.3, 0.4) is 0 Å². The summed E-state index contributed by atoms with van der Waals surface area (Å²) in [6.07, 6.45) is 3.88. The van der Waals surface area contributed by atoms with Crippen LogP contribution >= 0.6 is 0 Å². The second-order valence-corrected chi connectivity index (χ2v) is 6.07. The van der Waals surface area contributed by atoms with Gasteiger partial charge >= 0.3 is 11.6 Å². The van der Waals surface area contributed by atoms with Gasteiger partial charge in [-0.2, -0.15) is 0 Å². The van der Waals surface area contributed by atoms with Gasteiger partial charge in [0.05, 0.1) is 0 Å². The molecule has 1 aromatic heterocycles. The second kappa shape index (κ2) is 6.07. The van der Waals surface area contributed by atoms with Crippen molar-refractivity contribution in [1.82, 2.24) is 0 Å². The molecule has 1 N–H and O–H groups in total. The maximum atomic E-state index is 12.3. The molecule has 23 heavy (non-hydrogen) atoms. The number of rotatable bonds is 3. The van der Waals surface area contributed by atoms with Crippen LogP contribution in [0.2, 0.25) is 0 Å². The summed E-state index contributed by atoms with van der Waals surface area (Å²) in [5.74, 6) is -0.600. The molecule has 0 amide bonds. The van der Waals surface area contributed by atoms with Crippen molar-refractivity contribution < 1.29 is 19.1 Å². The Kier molecular flexibility index (Phi) is 4.11. The highest BCUT2D eigenvalue weighted by molar-refractivity contribution is 5.86. The first-order valence-electron chi connectivity index (χ1n) is 7.96. The molecular weight excluding hydrogens is 296 g/mol. The summed E-state index contributed by atoms with van der Waals surface area (Å²) in [4.78, 5) is 23.3. The van der Waals surface area contributed by atoms with Gasteiger partial charge in [0.25, 0.3) is 0 Å². The smallest absolute Gasteiger partial charge is 0.344 e. The Morgan fingerprint density at radius 3 is 2.61 bits per heavy atom.